The minimum Gasteiger partial charge on any atom is -0.372 e. The second-order valence-corrected chi connectivity index (χ2v) is 6.32. The number of ether oxygens (including phenoxy) is 1. The molecule has 2 rings (SSSR count). The van der Waals surface area contributed by atoms with Crippen molar-refractivity contribution in [2.75, 3.05) is 19.6 Å². The maximum absolute atomic E-state index is 12.2. The van der Waals surface area contributed by atoms with E-state index in [2.05, 4.69) is 10.4 Å². The molecule has 7 heteroatoms. The zero-order valence-corrected chi connectivity index (χ0v) is 14.5. The Labute approximate surface area is 136 Å². The molecule has 0 aromatic carbocycles. The average Bonchev–Trinajstić information content (AvgIpc) is 2.68. The third-order valence-corrected chi connectivity index (χ3v) is 4.33. The molecule has 124 valence electrons. The van der Waals surface area contributed by atoms with Crippen LogP contribution in [0.4, 0.5) is 0 Å². The van der Waals surface area contributed by atoms with E-state index in [4.69, 9.17) is 16.3 Å². The van der Waals surface area contributed by atoms with E-state index < -0.39 is 0 Å². The van der Waals surface area contributed by atoms with Gasteiger partial charge >= 0.3 is 0 Å². The Balaban J connectivity index is 1.75. The van der Waals surface area contributed by atoms with Crippen LogP contribution in [0.25, 0.3) is 0 Å². The van der Waals surface area contributed by atoms with Gasteiger partial charge in [-0.15, -0.1) is 0 Å². The van der Waals surface area contributed by atoms with Gasteiger partial charge < -0.3 is 15.0 Å². The molecule has 1 aliphatic heterocycles. The van der Waals surface area contributed by atoms with Crippen molar-refractivity contribution in [2.24, 2.45) is 7.05 Å². The zero-order chi connectivity index (χ0) is 16.3. The summed E-state index contributed by atoms with van der Waals surface area (Å²) < 4.78 is 7.31. The third-order valence-electron chi connectivity index (χ3n) is 3.86. The molecule has 22 heavy (non-hydrogen) atoms. The van der Waals surface area contributed by atoms with Gasteiger partial charge in [-0.3, -0.25) is 9.48 Å². The van der Waals surface area contributed by atoms with Crippen LogP contribution in [-0.2, 0) is 23.1 Å². The monoisotopic (exact) mass is 328 g/mol. The van der Waals surface area contributed by atoms with Crippen LogP contribution in [-0.4, -0.2) is 52.4 Å². The number of nitrogens with one attached hydrogen (secondary N) is 1. The van der Waals surface area contributed by atoms with Crippen LogP contribution in [0.15, 0.2) is 0 Å². The highest BCUT2D eigenvalue weighted by Crippen LogP contribution is 2.18. The SMILES string of the molecule is Cc1nn(C)c(Cl)c1CNCCC(=O)N1C[C@@H](C)O[C@@H](C)C1. The number of nitrogens with zero attached hydrogens (tertiary/aromatic N) is 3. The first kappa shape index (κ1) is 17.2. The van der Waals surface area contributed by atoms with Crippen molar-refractivity contribution in [3.8, 4) is 0 Å². The maximum Gasteiger partial charge on any atom is 0.224 e. The Kier molecular flexibility index (Phi) is 5.83. The number of hydrogen-bond acceptors (Lipinski definition) is 4. The Bertz CT molecular complexity index is 522. The lowest BCUT2D eigenvalue weighted by atomic mass is 10.2. The lowest BCUT2D eigenvalue weighted by Gasteiger charge is -2.35. The number of carbonyl (C=O) groups is 1. The van der Waals surface area contributed by atoms with Crippen molar-refractivity contribution >= 4 is 17.5 Å². The third kappa shape index (κ3) is 4.21. The summed E-state index contributed by atoms with van der Waals surface area (Å²) in [5.41, 5.74) is 1.91. The standard InChI is InChI=1S/C15H25ClN4O2/c1-10-8-20(9-11(2)22-10)14(21)5-6-17-7-13-12(3)18-19(4)15(13)16/h10-11,17H,5-9H2,1-4H3/t10-,11+. The summed E-state index contributed by atoms with van der Waals surface area (Å²) in [4.78, 5) is 14.1. The molecule has 1 aromatic heterocycles. The number of rotatable bonds is 5. The second kappa shape index (κ2) is 7.44. The van der Waals surface area contributed by atoms with Gasteiger partial charge in [0.15, 0.2) is 0 Å². The lowest BCUT2D eigenvalue weighted by molar-refractivity contribution is -0.143. The van der Waals surface area contributed by atoms with Gasteiger partial charge in [0.2, 0.25) is 5.91 Å². The molecule has 1 N–H and O–H groups in total. The number of aromatic nitrogens is 2. The number of morpholine rings is 1. The molecule has 0 radical (unpaired) electrons. The van der Waals surface area contributed by atoms with E-state index in [0.717, 1.165) is 11.3 Å². The van der Waals surface area contributed by atoms with Crippen molar-refractivity contribution in [2.45, 2.75) is 45.9 Å². The zero-order valence-electron chi connectivity index (χ0n) is 13.7. The highest BCUT2D eigenvalue weighted by Gasteiger charge is 2.25. The molecule has 0 unspecified atom stereocenters. The molecule has 0 spiro atoms. The molecule has 0 aliphatic carbocycles. The predicted molar refractivity (Wildman–Crippen MR) is 85.9 cm³/mol. The first-order valence-electron chi connectivity index (χ1n) is 7.70. The van der Waals surface area contributed by atoms with Crippen LogP contribution < -0.4 is 5.32 Å². The van der Waals surface area contributed by atoms with Crippen LogP contribution in [0.2, 0.25) is 5.15 Å². The minimum atomic E-state index is 0.109. The Morgan fingerprint density at radius 1 is 1.41 bits per heavy atom. The predicted octanol–water partition coefficient (Wildman–Crippen LogP) is 1.50. The number of amides is 1. The molecule has 2 heterocycles. The molecule has 1 fully saturated rings. The minimum absolute atomic E-state index is 0.109. The first-order valence-corrected chi connectivity index (χ1v) is 8.08. The van der Waals surface area contributed by atoms with Crippen LogP contribution in [0.3, 0.4) is 0 Å². The van der Waals surface area contributed by atoms with Crippen molar-refractivity contribution in [1.82, 2.24) is 20.0 Å². The molecule has 1 saturated heterocycles. The van der Waals surface area contributed by atoms with Crippen LogP contribution in [0, 0.1) is 6.92 Å². The van der Waals surface area contributed by atoms with Gasteiger partial charge in [-0.1, -0.05) is 11.6 Å². The van der Waals surface area contributed by atoms with Crippen LogP contribution in [0.5, 0.6) is 0 Å². The van der Waals surface area contributed by atoms with Gasteiger partial charge in [0.1, 0.15) is 5.15 Å². The van der Waals surface area contributed by atoms with Crippen molar-refractivity contribution in [1.29, 1.82) is 0 Å². The molecule has 0 bridgehead atoms. The van der Waals surface area contributed by atoms with Crippen molar-refractivity contribution < 1.29 is 9.53 Å². The molecular formula is C15H25ClN4O2. The van der Waals surface area contributed by atoms with E-state index in [1.165, 1.54) is 0 Å². The number of aryl methyl sites for hydroxylation is 2. The van der Waals surface area contributed by atoms with Crippen LogP contribution in [0.1, 0.15) is 31.5 Å². The van der Waals surface area contributed by atoms with E-state index in [-0.39, 0.29) is 18.1 Å². The molecule has 0 saturated carbocycles. The van der Waals surface area contributed by atoms with E-state index in [0.29, 0.717) is 37.8 Å². The highest BCUT2D eigenvalue weighted by atomic mass is 35.5. The summed E-state index contributed by atoms with van der Waals surface area (Å²) >= 11 is 6.18. The topological polar surface area (TPSA) is 59.4 Å². The average molecular weight is 329 g/mol. The van der Waals surface area contributed by atoms with Gasteiger partial charge in [-0.25, -0.2) is 0 Å². The van der Waals surface area contributed by atoms with E-state index in [9.17, 15) is 4.79 Å². The van der Waals surface area contributed by atoms with Gasteiger partial charge in [0.25, 0.3) is 0 Å². The molecule has 1 aliphatic rings. The smallest absolute Gasteiger partial charge is 0.224 e. The molecule has 6 nitrogen and oxygen atoms in total. The quantitative estimate of drug-likeness (QED) is 0.832. The van der Waals surface area contributed by atoms with Crippen LogP contribution >= 0.6 is 11.6 Å². The highest BCUT2D eigenvalue weighted by molar-refractivity contribution is 6.30. The maximum atomic E-state index is 12.2. The fourth-order valence-corrected chi connectivity index (χ4v) is 3.06. The Morgan fingerprint density at radius 3 is 2.59 bits per heavy atom. The normalized spacial score (nSPS) is 22.1. The molecular weight excluding hydrogens is 304 g/mol. The van der Waals surface area contributed by atoms with Crippen molar-refractivity contribution in [3.05, 3.63) is 16.4 Å². The summed E-state index contributed by atoms with van der Waals surface area (Å²) in [6.07, 6.45) is 0.700. The summed E-state index contributed by atoms with van der Waals surface area (Å²) in [6, 6.07) is 0. The first-order chi connectivity index (χ1) is 10.4. The van der Waals surface area contributed by atoms with E-state index in [1.807, 2.05) is 32.7 Å². The molecule has 2 atom stereocenters. The summed E-state index contributed by atoms with van der Waals surface area (Å²) in [5, 5.41) is 8.19. The van der Waals surface area contributed by atoms with Gasteiger partial charge in [-0.05, 0) is 20.8 Å². The Morgan fingerprint density at radius 2 is 2.05 bits per heavy atom. The summed E-state index contributed by atoms with van der Waals surface area (Å²) in [6.45, 7) is 8.55. The van der Waals surface area contributed by atoms with Gasteiger partial charge in [0, 0.05) is 45.2 Å². The van der Waals surface area contributed by atoms with E-state index in [1.54, 1.807) is 4.68 Å². The van der Waals surface area contributed by atoms with Gasteiger partial charge in [-0.2, -0.15) is 5.10 Å². The lowest BCUT2D eigenvalue weighted by Crippen LogP contribution is -2.48. The van der Waals surface area contributed by atoms with E-state index >= 15 is 0 Å². The summed E-state index contributed by atoms with van der Waals surface area (Å²) in [7, 11) is 1.82. The number of halogens is 1. The largest absolute Gasteiger partial charge is 0.372 e. The number of carbonyl (C=O) groups excluding carboxylic acids is 1. The second-order valence-electron chi connectivity index (χ2n) is 5.96. The molecule has 1 aromatic rings. The van der Waals surface area contributed by atoms with Gasteiger partial charge in [0.05, 0.1) is 17.9 Å². The summed E-state index contributed by atoms with van der Waals surface area (Å²) in [5.74, 6) is 0.170. The Hall–Kier alpha value is -1.11. The number of hydrogen-bond donors (Lipinski definition) is 1. The van der Waals surface area contributed by atoms with Crippen molar-refractivity contribution in [3.63, 3.8) is 0 Å². The molecule has 1 amide bonds. The fourth-order valence-electron chi connectivity index (χ4n) is 2.82. The fraction of sp³-hybridized carbons (Fsp3) is 0.733.